The second-order valence-electron chi connectivity index (χ2n) is 4.56. The van der Waals surface area contributed by atoms with Gasteiger partial charge < -0.3 is 9.84 Å². The van der Waals surface area contributed by atoms with Crippen LogP contribution in [0.3, 0.4) is 0 Å². The van der Waals surface area contributed by atoms with Crippen molar-refractivity contribution in [3.63, 3.8) is 0 Å². The molecular formula is C13H16BrFO2. The van der Waals surface area contributed by atoms with Crippen molar-refractivity contribution in [2.24, 2.45) is 5.92 Å². The SMILES string of the molecule is OC(Cc1cc(Br)ccc1F)CC1CCOC1. The third-order valence-corrected chi connectivity index (χ3v) is 3.59. The van der Waals surface area contributed by atoms with Gasteiger partial charge in [0.15, 0.2) is 0 Å². The molecule has 2 atom stereocenters. The van der Waals surface area contributed by atoms with Crippen LogP contribution in [0.1, 0.15) is 18.4 Å². The quantitative estimate of drug-likeness (QED) is 0.927. The first kappa shape index (κ1) is 13.0. The van der Waals surface area contributed by atoms with Crippen molar-refractivity contribution in [3.8, 4) is 0 Å². The molecule has 1 N–H and O–H groups in total. The monoisotopic (exact) mass is 302 g/mol. The highest BCUT2D eigenvalue weighted by Gasteiger charge is 2.20. The van der Waals surface area contributed by atoms with E-state index < -0.39 is 6.10 Å². The number of halogens is 2. The molecule has 0 aromatic heterocycles. The Kier molecular flexibility index (Phi) is 4.54. The molecule has 1 aromatic rings. The van der Waals surface area contributed by atoms with E-state index in [1.54, 1.807) is 12.1 Å². The first-order chi connectivity index (χ1) is 8.15. The summed E-state index contributed by atoms with van der Waals surface area (Å²) < 4.78 is 19.6. The van der Waals surface area contributed by atoms with E-state index in [9.17, 15) is 9.50 Å². The van der Waals surface area contributed by atoms with E-state index in [0.29, 0.717) is 24.3 Å². The van der Waals surface area contributed by atoms with Crippen LogP contribution in [0.2, 0.25) is 0 Å². The third kappa shape index (κ3) is 3.76. The van der Waals surface area contributed by atoms with E-state index >= 15 is 0 Å². The standard InChI is InChI=1S/C13H16BrFO2/c14-11-1-2-13(15)10(6-11)7-12(16)5-9-3-4-17-8-9/h1-2,6,9,12,16H,3-5,7-8H2. The van der Waals surface area contributed by atoms with E-state index in [0.717, 1.165) is 24.1 Å². The molecule has 1 aliphatic rings. The lowest BCUT2D eigenvalue weighted by atomic mass is 9.96. The average Bonchev–Trinajstić information content (AvgIpc) is 2.76. The van der Waals surface area contributed by atoms with Crippen LogP contribution in [0, 0.1) is 11.7 Å². The zero-order valence-electron chi connectivity index (χ0n) is 9.53. The number of benzene rings is 1. The molecule has 17 heavy (non-hydrogen) atoms. The maximum absolute atomic E-state index is 13.5. The molecule has 0 radical (unpaired) electrons. The number of aliphatic hydroxyl groups excluding tert-OH is 1. The van der Waals surface area contributed by atoms with Gasteiger partial charge in [-0.25, -0.2) is 4.39 Å². The molecule has 2 rings (SSSR count). The van der Waals surface area contributed by atoms with Crippen LogP contribution in [0.4, 0.5) is 4.39 Å². The molecule has 1 saturated heterocycles. The molecule has 94 valence electrons. The highest BCUT2D eigenvalue weighted by atomic mass is 79.9. The van der Waals surface area contributed by atoms with Gasteiger partial charge in [0.25, 0.3) is 0 Å². The number of aliphatic hydroxyl groups is 1. The molecule has 1 fully saturated rings. The van der Waals surface area contributed by atoms with Crippen molar-refractivity contribution in [2.45, 2.75) is 25.4 Å². The lowest BCUT2D eigenvalue weighted by Crippen LogP contribution is -2.17. The molecule has 0 bridgehead atoms. The minimum atomic E-state index is -0.495. The summed E-state index contributed by atoms with van der Waals surface area (Å²) in [5.74, 6) is 0.162. The van der Waals surface area contributed by atoms with Gasteiger partial charge in [-0.3, -0.25) is 0 Å². The summed E-state index contributed by atoms with van der Waals surface area (Å²) in [5, 5.41) is 9.94. The molecule has 0 saturated carbocycles. The van der Waals surface area contributed by atoms with Crippen LogP contribution >= 0.6 is 15.9 Å². The molecule has 4 heteroatoms. The fourth-order valence-electron chi connectivity index (χ4n) is 2.19. The van der Waals surface area contributed by atoms with Crippen molar-refractivity contribution >= 4 is 15.9 Å². The second kappa shape index (κ2) is 5.94. The predicted octanol–water partition coefficient (Wildman–Crippen LogP) is 2.92. The van der Waals surface area contributed by atoms with Crippen LogP contribution in [-0.4, -0.2) is 24.4 Å². The highest BCUT2D eigenvalue weighted by molar-refractivity contribution is 9.10. The van der Waals surface area contributed by atoms with Crippen molar-refractivity contribution in [1.82, 2.24) is 0 Å². The topological polar surface area (TPSA) is 29.5 Å². The molecule has 1 aliphatic heterocycles. The van der Waals surface area contributed by atoms with Gasteiger partial charge in [0.2, 0.25) is 0 Å². The van der Waals surface area contributed by atoms with Gasteiger partial charge in [0, 0.05) is 24.1 Å². The van der Waals surface area contributed by atoms with E-state index in [1.807, 2.05) is 0 Å². The van der Waals surface area contributed by atoms with Crippen molar-refractivity contribution in [3.05, 3.63) is 34.1 Å². The Hall–Kier alpha value is -0.450. The molecule has 2 nitrogen and oxygen atoms in total. The predicted molar refractivity (Wildman–Crippen MR) is 67.4 cm³/mol. The van der Waals surface area contributed by atoms with Crippen LogP contribution < -0.4 is 0 Å². The van der Waals surface area contributed by atoms with Crippen LogP contribution in [-0.2, 0) is 11.2 Å². The lowest BCUT2D eigenvalue weighted by molar-refractivity contribution is 0.128. The fraction of sp³-hybridized carbons (Fsp3) is 0.538. The number of ether oxygens (including phenoxy) is 1. The Morgan fingerprint density at radius 2 is 2.35 bits per heavy atom. The van der Waals surface area contributed by atoms with Crippen LogP contribution in [0.15, 0.2) is 22.7 Å². The fourth-order valence-corrected chi connectivity index (χ4v) is 2.60. The summed E-state index contributed by atoms with van der Waals surface area (Å²) in [7, 11) is 0. The summed E-state index contributed by atoms with van der Waals surface area (Å²) in [5.41, 5.74) is 0.561. The van der Waals surface area contributed by atoms with Crippen molar-refractivity contribution in [1.29, 1.82) is 0 Å². The number of rotatable bonds is 4. The van der Waals surface area contributed by atoms with Crippen molar-refractivity contribution < 1.29 is 14.2 Å². The maximum atomic E-state index is 13.5. The second-order valence-corrected chi connectivity index (χ2v) is 5.47. The van der Waals surface area contributed by atoms with E-state index in [4.69, 9.17) is 4.74 Å². The first-order valence-corrected chi connectivity index (χ1v) is 6.64. The Balaban J connectivity index is 1.92. The van der Waals surface area contributed by atoms with Crippen LogP contribution in [0.5, 0.6) is 0 Å². The molecular weight excluding hydrogens is 287 g/mol. The van der Waals surface area contributed by atoms with Gasteiger partial charge >= 0.3 is 0 Å². The zero-order valence-corrected chi connectivity index (χ0v) is 11.1. The normalized spacial score (nSPS) is 21.7. The highest BCUT2D eigenvalue weighted by Crippen LogP contribution is 2.22. The molecule has 0 amide bonds. The van der Waals surface area contributed by atoms with E-state index in [-0.39, 0.29) is 5.82 Å². The van der Waals surface area contributed by atoms with E-state index in [2.05, 4.69) is 15.9 Å². The van der Waals surface area contributed by atoms with Crippen LogP contribution in [0.25, 0.3) is 0 Å². The number of hydrogen-bond acceptors (Lipinski definition) is 2. The summed E-state index contributed by atoms with van der Waals surface area (Å²) >= 11 is 3.31. The number of hydrogen-bond donors (Lipinski definition) is 1. The largest absolute Gasteiger partial charge is 0.393 e. The zero-order chi connectivity index (χ0) is 12.3. The van der Waals surface area contributed by atoms with Gasteiger partial charge in [-0.05, 0) is 42.5 Å². The molecule has 0 spiro atoms. The Labute approximate surface area is 109 Å². The van der Waals surface area contributed by atoms with Gasteiger partial charge in [-0.1, -0.05) is 15.9 Å². The molecule has 0 aliphatic carbocycles. The summed E-state index contributed by atoms with van der Waals surface area (Å²) in [4.78, 5) is 0. The summed E-state index contributed by atoms with van der Waals surface area (Å²) in [6, 6.07) is 4.81. The smallest absolute Gasteiger partial charge is 0.126 e. The van der Waals surface area contributed by atoms with Gasteiger partial charge in [-0.2, -0.15) is 0 Å². The Morgan fingerprint density at radius 1 is 1.53 bits per heavy atom. The lowest BCUT2D eigenvalue weighted by Gasteiger charge is -2.15. The Morgan fingerprint density at radius 3 is 3.06 bits per heavy atom. The van der Waals surface area contributed by atoms with Gasteiger partial charge in [0.05, 0.1) is 6.10 Å². The van der Waals surface area contributed by atoms with Gasteiger partial charge in [0.1, 0.15) is 5.82 Å². The maximum Gasteiger partial charge on any atom is 0.126 e. The first-order valence-electron chi connectivity index (χ1n) is 5.85. The van der Waals surface area contributed by atoms with E-state index in [1.165, 1.54) is 6.07 Å². The molecule has 2 unspecified atom stereocenters. The van der Waals surface area contributed by atoms with Gasteiger partial charge in [-0.15, -0.1) is 0 Å². The summed E-state index contributed by atoms with van der Waals surface area (Å²) in [6.45, 7) is 1.50. The van der Waals surface area contributed by atoms with Crippen molar-refractivity contribution in [2.75, 3.05) is 13.2 Å². The molecule has 1 heterocycles. The minimum absolute atomic E-state index is 0.255. The Bertz CT molecular complexity index is 378. The molecule has 1 aromatic carbocycles. The minimum Gasteiger partial charge on any atom is -0.393 e. The average molecular weight is 303 g/mol. The third-order valence-electron chi connectivity index (χ3n) is 3.09. The summed E-state index contributed by atoms with van der Waals surface area (Å²) in [6.07, 6.45) is 1.55.